The average Bonchev–Trinajstić information content (AvgIpc) is 2.70. The van der Waals surface area contributed by atoms with Crippen LogP contribution in [-0.4, -0.2) is 37.5 Å². The first kappa shape index (κ1) is 21.5. The third-order valence-electron chi connectivity index (χ3n) is 5.37. The van der Waals surface area contributed by atoms with Crippen molar-refractivity contribution in [1.82, 2.24) is 9.62 Å². The summed E-state index contributed by atoms with van der Waals surface area (Å²) in [6.45, 7) is 7.68. The van der Waals surface area contributed by atoms with Crippen molar-refractivity contribution in [3.8, 4) is 0 Å². The van der Waals surface area contributed by atoms with Crippen LogP contribution in [0.5, 0.6) is 0 Å². The average molecular weight is 415 g/mol. The van der Waals surface area contributed by atoms with E-state index in [4.69, 9.17) is 0 Å². The highest BCUT2D eigenvalue weighted by atomic mass is 32.2. The van der Waals surface area contributed by atoms with E-state index in [1.807, 2.05) is 42.5 Å². The van der Waals surface area contributed by atoms with Crippen LogP contribution in [0.4, 0.5) is 0 Å². The number of carbonyl (C=O) groups is 1. The quantitative estimate of drug-likeness (QED) is 0.736. The Bertz CT molecular complexity index is 960. The van der Waals surface area contributed by atoms with Crippen molar-refractivity contribution in [2.24, 2.45) is 0 Å². The molecule has 0 aromatic heterocycles. The smallest absolute Gasteiger partial charge is 0.251 e. The molecule has 0 radical (unpaired) electrons. The Balaban J connectivity index is 1.48. The van der Waals surface area contributed by atoms with E-state index in [0.717, 1.165) is 12.0 Å². The molecule has 156 valence electrons. The fraction of sp³-hybridized carbons (Fsp3) is 0.435. The van der Waals surface area contributed by atoms with Crippen LogP contribution in [0.1, 0.15) is 54.2 Å². The van der Waals surface area contributed by atoms with E-state index in [2.05, 4.69) is 32.2 Å². The van der Waals surface area contributed by atoms with E-state index in [1.165, 1.54) is 11.1 Å². The number of hydrogen-bond acceptors (Lipinski definition) is 3. The molecule has 29 heavy (non-hydrogen) atoms. The second-order valence-corrected chi connectivity index (χ2v) is 10.7. The third-order valence-corrected chi connectivity index (χ3v) is 7.27. The number of rotatable bonds is 6. The molecule has 0 fully saturated rings. The summed E-state index contributed by atoms with van der Waals surface area (Å²) >= 11 is 0. The Morgan fingerprint density at radius 3 is 2.34 bits per heavy atom. The van der Waals surface area contributed by atoms with Crippen molar-refractivity contribution in [1.29, 1.82) is 0 Å². The molecule has 1 amide bonds. The van der Waals surface area contributed by atoms with Gasteiger partial charge >= 0.3 is 0 Å². The van der Waals surface area contributed by atoms with Crippen molar-refractivity contribution in [3.63, 3.8) is 0 Å². The summed E-state index contributed by atoms with van der Waals surface area (Å²) in [5.41, 5.74) is 4.10. The van der Waals surface area contributed by atoms with Gasteiger partial charge in [0.25, 0.3) is 5.91 Å². The van der Waals surface area contributed by atoms with Crippen LogP contribution in [-0.2, 0) is 28.4 Å². The Labute approximate surface area is 174 Å². The van der Waals surface area contributed by atoms with Gasteiger partial charge in [0.2, 0.25) is 10.0 Å². The predicted octanol–water partition coefficient (Wildman–Crippen LogP) is 3.49. The number of benzene rings is 2. The molecule has 0 unspecified atom stereocenters. The molecule has 6 heteroatoms. The molecule has 2 aromatic carbocycles. The number of nitrogens with zero attached hydrogens (tertiary/aromatic N) is 1. The van der Waals surface area contributed by atoms with Crippen LogP contribution in [0, 0.1) is 0 Å². The highest BCUT2D eigenvalue weighted by Gasteiger charge is 2.26. The summed E-state index contributed by atoms with van der Waals surface area (Å²) in [6.07, 6.45) is 1.14. The highest BCUT2D eigenvalue weighted by Crippen LogP contribution is 2.22. The Kier molecular flexibility index (Phi) is 6.44. The molecule has 0 bridgehead atoms. The zero-order chi connectivity index (χ0) is 21.1. The van der Waals surface area contributed by atoms with Gasteiger partial charge in [-0.05, 0) is 47.1 Å². The van der Waals surface area contributed by atoms with Gasteiger partial charge in [-0.25, -0.2) is 8.42 Å². The molecule has 0 saturated carbocycles. The lowest BCUT2D eigenvalue weighted by molar-refractivity contribution is 0.0953. The van der Waals surface area contributed by atoms with Crippen molar-refractivity contribution in [2.75, 3.05) is 18.8 Å². The second kappa shape index (κ2) is 8.67. The maximum Gasteiger partial charge on any atom is 0.251 e. The van der Waals surface area contributed by atoms with Gasteiger partial charge in [-0.15, -0.1) is 0 Å². The lowest BCUT2D eigenvalue weighted by Gasteiger charge is -2.28. The molecule has 0 spiro atoms. The summed E-state index contributed by atoms with van der Waals surface area (Å²) in [7, 11) is -3.33. The van der Waals surface area contributed by atoms with Crippen molar-refractivity contribution < 1.29 is 13.2 Å². The molecule has 5 nitrogen and oxygen atoms in total. The van der Waals surface area contributed by atoms with Gasteiger partial charge in [-0.3, -0.25) is 4.79 Å². The Morgan fingerprint density at radius 2 is 1.69 bits per heavy atom. The number of amides is 1. The Hall–Kier alpha value is -2.18. The van der Waals surface area contributed by atoms with Gasteiger partial charge in [-0.2, -0.15) is 4.31 Å². The first-order valence-corrected chi connectivity index (χ1v) is 11.7. The topological polar surface area (TPSA) is 66.5 Å². The minimum Gasteiger partial charge on any atom is -0.352 e. The van der Waals surface area contributed by atoms with Crippen LogP contribution < -0.4 is 5.32 Å². The molecule has 1 aliphatic rings. The summed E-state index contributed by atoms with van der Waals surface area (Å²) in [5.74, 6) is -0.131. The molecule has 0 saturated heterocycles. The number of nitrogens with one attached hydrogen (secondary N) is 1. The van der Waals surface area contributed by atoms with E-state index < -0.39 is 10.0 Å². The SMILES string of the molecule is CC(C)(C)c1ccc(C(=O)NCCCS(=O)(=O)N2CCc3ccccc3C2)cc1. The van der Waals surface area contributed by atoms with Crippen molar-refractivity contribution in [3.05, 3.63) is 70.8 Å². The van der Waals surface area contributed by atoms with E-state index in [0.29, 0.717) is 31.6 Å². The third kappa shape index (κ3) is 5.46. The summed E-state index contributed by atoms with van der Waals surface area (Å²) in [4.78, 5) is 12.3. The lowest BCUT2D eigenvalue weighted by atomic mass is 9.87. The second-order valence-electron chi connectivity index (χ2n) is 8.61. The van der Waals surface area contributed by atoms with Crippen LogP contribution in [0.15, 0.2) is 48.5 Å². The maximum atomic E-state index is 12.7. The number of carbonyl (C=O) groups excluding carboxylic acids is 1. The van der Waals surface area contributed by atoms with Crippen LogP contribution in [0.25, 0.3) is 0 Å². The molecule has 0 atom stereocenters. The van der Waals surface area contributed by atoms with E-state index in [9.17, 15) is 13.2 Å². The minimum atomic E-state index is -3.33. The van der Waals surface area contributed by atoms with Crippen molar-refractivity contribution >= 4 is 15.9 Å². The largest absolute Gasteiger partial charge is 0.352 e. The zero-order valence-electron chi connectivity index (χ0n) is 17.4. The molecule has 1 N–H and O–H groups in total. The minimum absolute atomic E-state index is 0.0400. The summed E-state index contributed by atoms with van der Waals surface area (Å²) in [6, 6.07) is 15.5. The first-order valence-electron chi connectivity index (χ1n) is 10.1. The van der Waals surface area contributed by atoms with Gasteiger partial charge < -0.3 is 5.32 Å². The highest BCUT2D eigenvalue weighted by molar-refractivity contribution is 7.89. The molecular weight excluding hydrogens is 384 g/mol. The van der Waals surface area contributed by atoms with Crippen LogP contribution in [0.2, 0.25) is 0 Å². The summed E-state index contributed by atoms with van der Waals surface area (Å²) in [5, 5.41) is 2.83. The van der Waals surface area contributed by atoms with Gasteiger partial charge in [0.05, 0.1) is 5.75 Å². The fourth-order valence-electron chi connectivity index (χ4n) is 3.52. The normalized spacial score (nSPS) is 15.0. The van der Waals surface area contributed by atoms with Gasteiger partial charge in [0.1, 0.15) is 0 Å². The maximum absolute atomic E-state index is 12.7. The lowest BCUT2D eigenvalue weighted by Crippen LogP contribution is -2.38. The monoisotopic (exact) mass is 414 g/mol. The number of fused-ring (bicyclic) bond motifs is 1. The Morgan fingerprint density at radius 1 is 1.03 bits per heavy atom. The van der Waals surface area contributed by atoms with E-state index in [1.54, 1.807) is 4.31 Å². The molecule has 1 aliphatic heterocycles. The molecule has 2 aromatic rings. The van der Waals surface area contributed by atoms with Gasteiger partial charge in [0.15, 0.2) is 0 Å². The van der Waals surface area contributed by atoms with Gasteiger partial charge in [0, 0.05) is 25.2 Å². The number of sulfonamides is 1. The van der Waals surface area contributed by atoms with E-state index in [-0.39, 0.29) is 17.1 Å². The fourth-order valence-corrected chi connectivity index (χ4v) is 4.99. The van der Waals surface area contributed by atoms with Crippen molar-refractivity contribution in [2.45, 2.75) is 45.6 Å². The molecular formula is C23H30N2O3S. The predicted molar refractivity (Wildman–Crippen MR) is 116 cm³/mol. The van der Waals surface area contributed by atoms with E-state index >= 15 is 0 Å². The van der Waals surface area contributed by atoms with Crippen LogP contribution >= 0.6 is 0 Å². The standard InChI is InChI=1S/C23H30N2O3S/c1-23(2,3)21-11-9-19(10-12-21)22(26)24-14-6-16-29(27,28)25-15-13-18-7-4-5-8-20(18)17-25/h4-5,7-12H,6,13-17H2,1-3H3,(H,24,26). The van der Waals surface area contributed by atoms with Gasteiger partial charge in [-0.1, -0.05) is 57.2 Å². The van der Waals surface area contributed by atoms with Crippen LogP contribution in [0.3, 0.4) is 0 Å². The summed E-state index contributed by atoms with van der Waals surface area (Å²) < 4.78 is 26.9. The first-order chi connectivity index (χ1) is 13.7. The molecule has 3 rings (SSSR count). The molecule has 1 heterocycles. The zero-order valence-corrected chi connectivity index (χ0v) is 18.3. The molecule has 0 aliphatic carbocycles. The number of hydrogen-bond donors (Lipinski definition) is 1.